The predicted octanol–water partition coefficient (Wildman–Crippen LogP) is 2.20. The van der Waals surface area contributed by atoms with Gasteiger partial charge in [-0.05, 0) is 31.7 Å². The first-order valence-electron chi connectivity index (χ1n) is 5.88. The van der Waals surface area contributed by atoms with Gasteiger partial charge in [-0.3, -0.25) is 4.79 Å². The smallest absolute Gasteiger partial charge is 0.394 e. The number of carbonyl (C=O) groups is 2. The average molecular weight is 279 g/mol. The summed E-state index contributed by atoms with van der Waals surface area (Å²) in [7, 11) is 1.50. The second-order valence-corrected chi connectivity index (χ2v) is 5.71. The van der Waals surface area contributed by atoms with Crippen molar-refractivity contribution in [1.82, 2.24) is 4.90 Å². The topological polar surface area (TPSA) is 57.6 Å². The van der Waals surface area contributed by atoms with Crippen LogP contribution in [0.3, 0.4) is 0 Å². The Bertz CT molecular complexity index is 509. The van der Waals surface area contributed by atoms with Crippen molar-refractivity contribution in [1.29, 1.82) is 0 Å². The Hall–Kier alpha value is -1.80. The minimum atomic E-state index is -1.43. The van der Waals surface area contributed by atoms with E-state index in [1.807, 2.05) is 31.4 Å². The van der Waals surface area contributed by atoms with E-state index in [9.17, 15) is 9.59 Å². The largest absolute Gasteiger partial charge is 0.474 e. The third-order valence-corrected chi connectivity index (χ3v) is 3.78. The maximum Gasteiger partial charge on any atom is 0.394 e. The quantitative estimate of drug-likeness (QED) is 0.681. The zero-order chi connectivity index (χ0) is 14.5. The number of rotatable bonds is 3. The van der Waals surface area contributed by atoms with Gasteiger partial charge in [0.05, 0.1) is 4.88 Å². The van der Waals surface area contributed by atoms with Crippen LogP contribution < -0.4 is 0 Å². The first kappa shape index (κ1) is 15.3. The molecule has 1 amide bonds. The van der Waals surface area contributed by atoms with Crippen LogP contribution in [0.2, 0.25) is 0 Å². The SMILES string of the molecule is CN(C(=O)C(=O)O)C(C)(C)CCC#Cc1cccs1. The minimum Gasteiger partial charge on any atom is -0.474 e. The van der Waals surface area contributed by atoms with Crippen LogP contribution in [-0.2, 0) is 9.59 Å². The molecule has 1 aromatic heterocycles. The molecular weight excluding hydrogens is 262 g/mol. The second-order valence-electron chi connectivity index (χ2n) is 4.76. The molecular formula is C14H17NO3S. The Morgan fingerprint density at radius 2 is 2.16 bits per heavy atom. The van der Waals surface area contributed by atoms with Crippen LogP contribution >= 0.6 is 11.3 Å². The number of aliphatic carboxylic acids is 1. The van der Waals surface area contributed by atoms with Crippen molar-refractivity contribution in [2.75, 3.05) is 7.05 Å². The lowest BCUT2D eigenvalue weighted by atomic mass is 9.96. The van der Waals surface area contributed by atoms with Crippen LogP contribution in [0.1, 0.15) is 31.6 Å². The fourth-order valence-corrected chi connectivity index (χ4v) is 2.05. The third-order valence-electron chi connectivity index (χ3n) is 2.99. The number of carboxylic acids is 1. The van der Waals surface area contributed by atoms with Crippen LogP contribution in [0.15, 0.2) is 17.5 Å². The van der Waals surface area contributed by atoms with Crippen LogP contribution in [0, 0.1) is 11.8 Å². The summed E-state index contributed by atoms with van der Waals surface area (Å²) in [6.45, 7) is 3.67. The van der Waals surface area contributed by atoms with E-state index in [4.69, 9.17) is 5.11 Å². The van der Waals surface area contributed by atoms with Gasteiger partial charge in [0.1, 0.15) is 0 Å². The van der Waals surface area contributed by atoms with Gasteiger partial charge >= 0.3 is 11.9 Å². The Morgan fingerprint density at radius 1 is 1.47 bits per heavy atom. The van der Waals surface area contributed by atoms with E-state index >= 15 is 0 Å². The van der Waals surface area contributed by atoms with Crippen molar-refractivity contribution in [2.24, 2.45) is 0 Å². The molecule has 0 aliphatic heterocycles. The lowest BCUT2D eigenvalue weighted by molar-refractivity contribution is -0.158. The fourth-order valence-electron chi connectivity index (χ4n) is 1.45. The highest BCUT2D eigenvalue weighted by Crippen LogP contribution is 2.19. The van der Waals surface area contributed by atoms with Gasteiger partial charge in [0, 0.05) is 19.0 Å². The number of carbonyl (C=O) groups excluding carboxylic acids is 1. The Labute approximate surface area is 117 Å². The summed E-state index contributed by atoms with van der Waals surface area (Å²) in [5, 5.41) is 10.7. The summed E-state index contributed by atoms with van der Waals surface area (Å²) in [5.74, 6) is 3.76. The van der Waals surface area contributed by atoms with Crippen molar-refractivity contribution < 1.29 is 14.7 Å². The highest BCUT2D eigenvalue weighted by molar-refractivity contribution is 7.10. The van der Waals surface area contributed by atoms with Crippen molar-refractivity contribution in [3.05, 3.63) is 22.4 Å². The van der Waals surface area contributed by atoms with Gasteiger partial charge in [-0.1, -0.05) is 17.9 Å². The van der Waals surface area contributed by atoms with E-state index in [0.717, 1.165) is 4.88 Å². The summed E-state index contributed by atoms with van der Waals surface area (Å²) in [4.78, 5) is 24.3. The number of carboxylic acid groups (broad SMARTS) is 1. The van der Waals surface area contributed by atoms with Gasteiger partial charge in [-0.15, -0.1) is 11.3 Å². The van der Waals surface area contributed by atoms with Crippen LogP contribution in [0.5, 0.6) is 0 Å². The molecule has 0 fully saturated rings. The number of likely N-dealkylation sites (N-methyl/N-ethyl adjacent to an activating group) is 1. The zero-order valence-corrected chi connectivity index (χ0v) is 12.1. The number of hydrogen-bond acceptors (Lipinski definition) is 3. The van der Waals surface area contributed by atoms with E-state index in [1.165, 1.54) is 11.9 Å². The summed E-state index contributed by atoms with van der Waals surface area (Å²) in [6.07, 6.45) is 1.24. The Balaban J connectivity index is 2.55. The molecule has 102 valence electrons. The molecule has 0 aromatic carbocycles. The molecule has 0 bridgehead atoms. The van der Waals surface area contributed by atoms with E-state index in [2.05, 4.69) is 11.8 Å². The average Bonchev–Trinajstić information content (AvgIpc) is 2.85. The molecule has 5 heteroatoms. The van der Waals surface area contributed by atoms with Gasteiger partial charge in [0.25, 0.3) is 0 Å². The first-order valence-corrected chi connectivity index (χ1v) is 6.76. The van der Waals surface area contributed by atoms with Gasteiger partial charge < -0.3 is 10.0 Å². The van der Waals surface area contributed by atoms with Crippen LogP contribution in [-0.4, -0.2) is 34.5 Å². The number of nitrogens with zero attached hydrogens (tertiary/aromatic N) is 1. The molecule has 1 N–H and O–H groups in total. The number of amides is 1. The molecule has 0 saturated carbocycles. The van der Waals surface area contributed by atoms with E-state index in [1.54, 1.807) is 11.3 Å². The fraction of sp³-hybridized carbons (Fsp3) is 0.429. The third kappa shape index (κ3) is 4.42. The lowest BCUT2D eigenvalue weighted by Crippen LogP contribution is -2.47. The maximum atomic E-state index is 11.4. The zero-order valence-electron chi connectivity index (χ0n) is 11.3. The van der Waals surface area contributed by atoms with E-state index in [-0.39, 0.29) is 0 Å². The predicted molar refractivity (Wildman–Crippen MR) is 74.9 cm³/mol. The van der Waals surface area contributed by atoms with E-state index < -0.39 is 17.4 Å². The summed E-state index contributed by atoms with van der Waals surface area (Å²) in [5.41, 5.74) is -0.528. The summed E-state index contributed by atoms with van der Waals surface area (Å²) < 4.78 is 0. The van der Waals surface area contributed by atoms with Gasteiger partial charge in [0.15, 0.2) is 0 Å². The Kier molecular flexibility index (Phi) is 5.13. The number of thiophene rings is 1. The van der Waals surface area contributed by atoms with Crippen molar-refractivity contribution >= 4 is 23.2 Å². The molecule has 0 aliphatic carbocycles. The molecule has 1 heterocycles. The van der Waals surface area contributed by atoms with Crippen LogP contribution in [0.4, 0.5) is 0 Å². The monoisotopic (exact) mass is 279 g/mol. The summed E-state index contributed by atoms with van der Waals surface area (Å²) >= 11 is 1.58. The minimum absolute atomic E-state index is 0.528. The standard InChI is InChI=1S/C14H17NO3S/c1-14(2,15(3)12(16)13(17)18)9-5-4-7-11-8-6-10-19-11/h6,8,10H,5,9H2,1-3H3,(H,17,18). The number of hydrogen-bond donors (Lipinski definition) is 1. The van der Waals surface area contributed by atoms with Gasteiger partial charge in [0.2, 0.25) is 0 Å². The molecule has 0 atom stereocenters. The molecule has 0 spiro atoms. The highest BCUT2D eigenvalue weighted by Gasteiger charge is 2.30. The molecule has 0 unspecified atom stereocenters. The van der Waals surface area contributed by atoms with Gasteiger partial charge in [-0.2, -0.15) is 0 Å². The molecule has 4 nitrogen and oxygen atoms in total. The van der Waals surface area contributed by atoms with Crippen LogP contribution in [0.25, 0.3) is 0 Å². The highest BCUT2D eigenvalue weighted by atomic mass is 32.1. The summed E-state index contributed by atoms with van der Waals surface area (Å²) in [6, 6.07) is 3.89. The molecule has 1 aromatic rings. The maximum absolute atomic E-state index is 11.4. The molecule has 19 heavy (non-hydrogen) atoms. The van der Waals surface area contributed by atoms with Crippen molar-refractivity contribution in [2.45, 2.75) is 32.2 Å². The molecule has 0 aliphatic rings. The van der Waals surface area contributed by atoms with Crippen molar-refractivity contribution in [3.8, 4) is 11.8 Å². The van der Waals surface area contributed by atoms with E-state index in [0.29, 0.717) is 12.8 Å². The molecule has 0 radical (unpaired) electrons. The second kappa shape index (κ2) is 6.39. The molecule has 0 saturated heterocycles. The normalized spacial score (nSPS) is 10.5. The lowest BCUT2D eigenvalue weighted by Gasteiger charge is -2.34. The molecule has 1 rings (SSSR count). The Morgan fingerprint density at radius 3 is 2.68 bits per heavy atom. The van der Waals surface area contributed by atoms with Crippen molar-refractivity contribution in [3.63, 3.8) is 0 Å². The van der Waals surface area contributed by atoms with Gasteiger partial charge in [-0.25, -0.2) is 4.79 Å². The first-order chi connectivity index (χ1) is 8.84.